The zero-order valence-corrected chi connectivity index (χ0v) is 8.04. The molecule has 0 bridgehead atoms. The molecule has 4 nitrogen and oxygen atoms in total. The maximum atomic E-state index is 5.78. The van der Waals surface area contributed by atoms with E-state index in [0.717, 1.165) is 18.9 Å². The van der Waals surface area contributed by atoms with Crippen LogP contribution in [0.25, 0.3) is 0 Å². The molecule has 0 aromatic carbocycles. The van der Waals surface area contributed by atoms with Crippen LogP contribution < -0.4 is 5.32 Å². The van der Waals surface area contributed by atoms with Gasteiger partial charge < -0.3 is 5.32 Å². The van der Waals surface area contributed by atoms with Gasteiger partial charge in [-0.2, -0.15) is 0 Å². The van der Waals surface area contributed by atoms with Gasteiger partial charge in [0, 0.05) is 18.5 Å². The molecular formula is C7H13ClN4. The summed E-state index contributed by atoms with van der Waals surface area (Å²) in [4.78, 5) is 0. The summed E-state index contributed by atoms with van der Waals surface area (Å²) in [6, 6.07) is 0. The van der Waals surface area contributed by atoms with Crippen LogP contribution in [0, 0.1) is 0 Å². The van der Waals surface area contributed by atoms with Crippen LogP contribution in [0.3, 0.4) is 0 Å². The van der Waals surface area contributed by atoms with Crippen LogP contribution in [0.15, 0.2) is 6.20 Å². The van der Waals surface area contributed by atoms with Crippen molar-refractivity contribution >= 4 is 17.4 Å². The van der Waals surface area contributed by atoms with Gasteiger partial charge in [-0.25, -0.2) is 4.68 Å². The number of rotatable bonds is 4. The number of aryl methyl sites for hydroxylation is 1. The first kappa shape index (κ1) is 9.32. The maximum absolute atomic E-state index is 5.78. The van der Waals surface area contributed by atoms with Gasteiger partial charge in [-0.05, 0) is 13.8 Å². The highest BCUT2D eigenvalue weighted by molar-refractivity contribution is 6.20. The first-order valence-corrected chi connectivity index (χ1v) is 4.44. The van der Waals surface area contributed by atoms with Crippen molar-refractivity contribution in [1.82, 2.24) is 15.0 Å². The van der Waals surface area contributed by atoms with Gasteiger partial charge in [-0.15, -0.1) is 16.7 Å². The molecule has 1 N–H and O–H groups in total. The highest BCUT2D eigenvalue weighted by Crippen LogP contribution is 2.04. The second-order valence-corrected chi connectivity index (χ2v) is 3.34. The minimum atomic E-state index is 0.116. The Bertz CT molecular complexity index is 233. The Balaban J connectivity index is 2.50. The molecule has 0 aliphatic rings. The summed E-state index contributed by atoms with van der Waals surface area (Å²) < 4.78 is 1.79. The van der Waals surface area contributed by atoms with Crippen molar-refractivity contribution in [3.05, 3.63) is 6.20 Å². The number of hydrogen-bond donors (Lipinski definition) is 1. The lowest BCUT2D eigenvalue weighted by Crippen LogP contribution is -2.13. The Morgan fingerprint density at radius 1 is 1.75 bits per heavy atom. The van der Waals surface area contributed by atoms with E-state index in [1.807, 2.05) is 13.8 Å². The summed E-state index contributed by atoms with van der Waals surface area (Å²) in [6.07, 6.45) is 1.70. The third-order valence-electron chi connectivity index (χ3n) is 1.48. The lowest BCUT2D eigenvalue weighted by molar-refractivity contribution is 0.630. The highest BCUT2D eigenvalue weighted by atomic mass is 35.5. The molecule has 0 fully saturated rings. The first-order valence-electron chi connectivity index (χ1n) is 4.00. The van der Waals surface area contributed by atoms with Crippen molar-refractivity contribution in [3.8, 4) is 0 Å². The van der Waals surface area contributed by atoms with Crippen LogP contribution in [-0.4, -0.2) is 26.9 Å². The Hall–Kier alpha value is -0.770. The van der Waals surface area contributed by atoms with Gasteiger partial charge in [0.05, 0.1) is 6.20 Å². The van der Waals surface area contributed by atoms with E-state index in [0.29, 0.717) is 0 Å². The van der Waals surface area contributed by atoms with E-state index in [2.05, 4.69) is 15.6 Å². The summed E-state index contributed by atoms with van der Waals surface area (Å²) in [6.45, 7) is 5.51. The molecule has 0 spiro atoms. The van der Waals surface area contributed by atoms with E-state index in [1.54, 1.807) is 10.9 Å². The molecule has 0 amide bonds. The summed E-state index contributed by atoms with van der Waals surface area (Å²) >= 11 is 5.78. The largest absolute Gasteiger partial charge is 0.367 e. The summed E-state index contributed by atoms with van der Waals surface area (Å²) in [7, 11) is 0. The van der Waals surface area contributed by atoms with E-state index in [-0.39, 0.29) is 5.38 Å². The number of aromatic nitrogens is 3. The molecule has 1 aromatic rings. The molecule has 68 valence electrons. The molecule has 0 saturated heterocycles. The molecule has 1 rings (SSSR count). The van der Waals surface area contributed by atoms with Crippen LogP contribution in [0.1, 0.15) is 13.8 Å². The van der Waals surface area contributed by atoms with E-state index in [9.17, 15) is 0 Å². The molecular weight excluding hydrogens is 176 g/mol. The predicted octanol–water partition coefficient (Wildman–Crippen LogP) is 1.34. The number of halogens is 1. The summed E-state index contributed by atoms with van der Waals surface area (Å²) in [5, 5.41) is 10.9. The SMILES string of the molecule is CCn1nncc1NCC(C)Cl. The van der Waals surface area contributed by atoms with Gasteiger partial charge in [-0.3, -0.25) is 0 Å². The monoisotopic (exact) mass is 188 g/mol. The number of alkyl halides is 1. The fourth-order valence-corrected chi connectivity index (χ4v) is 0.951. The predicted molar refractivity (Wildman–Crippen MR) is 49.5 cm³/mol. The van der Waals surface area contributed by atoms with Crippen LogP contribution in [-0.2, 0) is 6.54 Å². The second-order valence-electron chi connectivity index (χ2n) is 2.60. The Morgan fingerprint density at radius 3 is 3.08 bits per heavy atom. The minimum Gasteiger partial charge on any atom is -0.367 e. The minimum absolute atomic E-state index is 0.116. The van der Waals surface area contributed by atoms with Crippen molar-refractivity contribution in [2.45, 2.75) is 25.8 Å². The van der Waals surface area contributed by atoms with Crippen LogP contribution in [0.4, 0.5) is 5.82 Å². The topological polar surface area (TPSA) is 42.7 Å². The molecule has 1 aromatic heterocycles. The van der Waals surface area contributed by atoms with E-state index >= 15 is 0 Å². The number of nitrogens with one attached hydrogen (secondary N) is 1. The van der Waals surface area contributed by atoms with E-state index < -0.39 is 0 Å². The molecule has 0 saturated carbocycles. The molecule has 1 heterocycles. The van der Waals surface area contributed by atoms with E-state index in [4.69, 9.17) is 11.6 Å². The molecule has 5 heteroatoms. The van der Waals surface area contributed by atoms with Crippen molar-refractivity contribution in [2.24, 2.45) is 0 Å². The standard InChI is InChI=1S/C7H13ClN4/c1-3-12-7(5-10-11-12)9-4-6(2)8/h5-6,9H,3-4H2,1-2H3. The van der Waals surface area contributed by atoms with Gasteiger partial charge in [0.25, 0.3) is 0 Å². The van der Waals surface area contributed by atoms with Gasteiger partial charge in [0.15, 0.2) is 0 Å². The Labute approximate surface area is 76.9 Å². The third-order valence-corrected chi connectivity index (χ3v) is 1.64. The lowest BCUT2D eigenvalue weighted by atomic mass is 10.4. The molecule has 0 aliphatic heterocycles. The number of hydrogen-bond acceptors (Lipinski definition) is 3. The van der Waals surface area contributed by atoms with Crippen LogP contribution in [0.2, 0.25) is 0 Å². The quantitative estimate of drug-likeness (QED) is 0.726. The van der Waals surface area contributed by atoms with Gasteiger partial charge >= 0.3 is 0 Å². The number of nitrogens with zero attached hydrogens (tertiary/aromatic N) is 3. The lowest BCUT2D eigenvalue weighted by Gasteiger charge is -2.07. The van der Waals surface area contributed by atoms with Gasteiger partial charge in [0.2, 0.25) is 0 Å². The van der Waals surface area contributed by atoms with Crippen molar-refractivity contribution in [2.75, 3.05) is 11.9 Å². The first-order chi connectivity index (χ1) is 5.74. The molecule has 0 radical (unpaired) electrons. The summed E-state index contributed by atoms with van der Waals surface area (Å²) in [5.41, 5.74) is 0. The van der Waals surface area contributed by atoms with Crippen molar-refractivity contribution < 1.29 is 0 Å². The van der Waals surface area contributed by atoms with Crippen LogP contribution in [0.5, 0.6) is 0 Å². The smallest absolute Gasteiger partial charge is 0.144 e. The Morgan fingerprint density at radius 2 is 2.50 bits per heavy atom. The second kappa shape index (κ2) is 4.30. The fourth-order valence-electron chi connectivity index (χ4n) is 0.873. The summed E-state index contributed by atoms with van der Waals surface area (Å²) in [5.74, 6) is 0.921. The average Bonchev–Trinajstić information content (AvgIpc) is 2.47. The molecule has 1 unspecified atom stereocenters. The zero-order chi connectivity index (χ0) is 8.97. The average molecular weight is 189 g/mol. The fraction of sp³-hybridized carbons (Fsp3) is 0.714. The Kier molecular flexibility index (Phi) is 3.34. The third kappa shape index (κ3) is 2.37. The normalized spacial score (nSPS) is 12.9. The molecule has 0 aliphatic carbocycles. The molecule has 1 atom stereocenters. The highest BCUT2D eigenvalue weighted by Gasteiger charge is 2.01. The molecule has 12 heavy (non-hydrogen) atoms. The van der Waals surface area contributed by atoms with Gasteiger partial charge in [-0.1, -0.05) is 5.21 Å². The maximum Gasteiger partial charge on any atom is 0.144 e. The van der Waals surface area contributed by atoms with E-state index in [1.165, 1.54) is 0 Å². The van der Waals surface area contributed by atoms with Crippen molar-refractivity contribution in [3.63, 3.8) is 0 Å². The van der Waals surface area contributed by atoms with Crippen LogP contribution >= 0.6 is 11.6 Å². The van der Waals surface area contributed by atoms with Gasteiger partial charge in [0.1, 0.15) is 5.82 Å². The zero-order valence-electron chi connectivity index (χ0n) is 7.29. The van der Waals surface area contributed by atoms with Crippen molar-refractivity contribution in [1.29, 1.82) is 0 Å². The number of anilines is 1.